The van der Waals surface area contributed by atoms with Crippen molar-refractivity contribution in [2.45, 2.75) is 18.2 Å². The molecular weight excluding hydrogens is 396 g/mol. The normalized spacial score (nSPS) is 12.4. The van der Waals surface area contributed by atoms with E-state index in [1.807, 2.05) is 14.0 Å². The molecule has 0 heterocycles. The molecule has 0 spiro atoms. The zero-order valence-corrected chi connectivity index (χ0v) is 17.6. The lowest BCUT2D eigenvalue weighted by molar-refractivity contribution is -0.910. The number of hydrogen-bond donors (Lipinski definition) is 3. The largest absolute Gasteiger partial charge is 0.744 e. The number of sulfonamides is 1. The molecule has 0 unspecified atom stereocenters. The number of nitrogens with one attached hydrogen (secondary N) is 1. The van der Waals surface area contributed by atoms with E-state index in [0.29, 0.717) is 30.5 Å². The van der Waals surface area contributed by atoms with Gasteiger partial charge in [0.15, 0.2) is 0 Å². The first-order valence-electron chi connectivity index (χ1n) is 8.35. The van der Waals surface area contributed by atoms with Crippen molar-refractivity contribution < 1.29 is 36.1 Å². The number of hydrogen-bond acceptors (Lipinski definition) is 7. The van der Waals surface area contributed by atoms with E-state index in [0.717, 1.165) is 18.4 Å². The number of aliphatic hydroxyl groups excluding tert-OH is 2. The molecule has 3 N–H and O–H groups in total. The highest BCUT2D eigenvalue weighted by Gasteiger charge is 2.19. The van der Waals surface area contributed by atoms with Gasteiger partial charge >= 0.3 is 0 Å². The molecule has 0 aromatic heterocycles. The molecule has 11 heteroatoms. The second kappa shape index (κ2) is 11.7. The summed E-state index contributed by atoms with van der Waals surface area (Å²) in [5, 5.41) is 17.8. The molecule has 9 nitrogen and oxygen atoms in total. The van der Waals surface area contributed by atoms with E-state index in [1.165, 1.54) is 12.1 Å². The molecule has 0 fully saturated rings. The monoisotopic (exact) mass is 426 g/mol. The Morgan fingerprint density at radius 1 is 1.00 bits per heavy atom. The third-order valence-corrected chi connectivity index (χ3v) is 5.41. The van der Waals surface area contributed by atoms with Gasteiger partial charge in [-0.05, 0) is 19.1 Å². The summed E-state index contributed by atoms with van der Waals surface area (Å²) in [4.78, 5) is -0.178. The van der Waals surface area contributed by atoms with Crippen LogP contribution in [0.2, 0.25) is 0 Å². The molecule has 1 rings (SSSR count). The van der Waals surface area contributed by atoms with Crippen molar-refractivity contribution in [3.05, 3.63) is 29.8 Å². The highest BCUT2D eigenvalue weighted by molar-refractivity contribution is 7.88. The predicted molar refractivity (Wildman–Crippen MR) is 102 cm³/mol. The molecule has 0 aliphatic heterocycles. The van der Waals surface area contributed by atoms with Gasteiger partial charge in [-0.25, -0.2) is 21.6 Å². The number of aryl methyl sites for hydroxylation is 1. The molecule has 158 valence electrons. The van der Waals surface area contributed by atoms with E-state index >= 15 is 0 Å². The molecule has 0 aliphatic carbocycles. The van der Waals surface area contributed by atoms with Crippen LogP contribution < -0.4 is 4.72 Å². The Morgan fingerprint density at radius 2 is 1.48 bits per heavy atom. The smallest absolute Gasteiger partial charge is 0.208 e. The van der Waals surface area contributed by atoms with Crippen LogP contribution in [0.25, 0.3) is 0 Å². The Hall–Kier alpha value is -1.08. The number of likely N-dealkylation sites (N-methyl/N-ethyl adjacent to an activating group) is 1. The molecule has 0 amide bonds. The van der Waals surface area contributed by atoms with Crippen LogP contribution in [-0.4, -0.2) is 88.8 Å². The Bertz CT molecular complexity index is 741. The second-order valence-corrected chi connectivity index (χ2v) is 9.74. The van der Waals surface area contributed by atoms with Crippen molar-refractivity contribution in [2.24, 2.45) is 0 Å². The van der Waals surface area contributed by atoms with Crippen LogP contribution in [0.1, 0.15) is 12.0 Å². The maximum absolute atomic E-state index is 10.8. The van der Waals surface area contributed by atoms with E-state index in [4.69, 9.17) is 10.2 Å². The van der Waals surface area contributed by atoms with Gasteiger partial charge < -0.3 is 19.2 Å². The van der Waals surface area contributed by atoms with E-state index in [9.17, 15) is 21.4 Å². The first-order valence-corrected chi connectivity index (χ1v) is 11.7. The molecule has 0 bridgehead atoms. The standard InChI is InChI=1S/C9H23N2O4S.C7H8O3S/c1-11(6-8-12,7-9-13)5-3-4-10-16(2,14)15;1-6-2-4-7(5-3-6)11(8,9)10/h10,12-13H,3-9H2,1-2H3;2-5H,1H3,(H,8,9,10)/q+1;/p-1. The van der Waals surface area contributed by atoms with Crippen LogP contribution in [0.15, 0.2) is 29.2 Å². The third-order valence-electron chi connectivity index (χ3n) is 3.83. The number of nitrogens with zero attached hydrogens (tertiary/aromatic N) is 1. The summed E-state index contributed by atoms with van der Waals surface area (Å²) in [7, 11) is -5.45. The van der Waals surface area contributed by atoms with Crippen molar-refractivity contribution in [2.75, 3.05) is 52.7 Å². The van der Waals surface area contributed by atoms with Gasteiger partial charge in [0.25, 0.3) is 0 Å². The quantitative estimate of drug-likeness (QED) is 0.254. The summed E-state index contributed by atoms with van der Waals surface area (Å²) in [6.45, 7) is 4.21. The summed E-state index contributed by atoms with van der Waals surface area (Å²) in [6.07, 6.45) is 1.81. The summed E-state index contributed by atoms with van der Waals surface area (Å²) < 4.78 is 55.8. The minimum Gasteiger partial charge on any atom is -0.744 e. The maximum atomic E-state index is 10.8. The third kappa shape index (κ3) is 12.8. The van der Waals surface area contributed by atoms with Crippen LogP contribution in [0, 0.1) is 6.92 Å². The van der Waals surface area contributed by atoms with Crippen molar-refractivity contribution in [1.82, 2.24) is 4.72 Å². The highest BCUT2D eigenvalue weighted by Crippen LogP contribution is 2.08. The Morgan fingerprint density at radius 3 is 1.85 bits per heavy atom. The SMILES string of the molecule is C[N+](CCO)(CCO)CCCNS(C)(=O)=O.Cc1ccc(S(=O)(=O)[O-])cc1. The van der Waals surface area contributed by atoms with E-state index < -0.39 is 20.1 Å². The van der Waals surface area contributed by atoms with Gasteiger partial charge in [0.05, 0.1) is 38.0 Å². The average molecular weight is 427 g/mol. The lowest BCUT2D eigenvalue weighted by atomic mass is 10.2. The maximum Gasteiger partial charge on any atom is 0.208 e. The second-order valence-electron chi connectivity index (χ2n) is 6.52. The van der Waals surface area contributed by atoms with Gasteiger partial charge in [-0.1, -0.05) is 17.7 Å². The van der Waals surface area contributed by atoms with Gasteiger partial charge in [-0.3, -0.25) is 0 Å². The fraction of sp³-hybridized carbons (Fsp3) is 0.625. The summed E-state index contributed by atoms with van der Waals surface area (Å²) in [5.74, 6) is 0. The Kier molecular flexibility index (Phi) is 11.2. The number of aliphatic hydroxyl groups is 2. The zero-order valence-electron chi connectivity index (χ0n) is 16.0. The van der Waals surface area contributed by atoms with Gasteiger partial charge in [-0.2, -0.15) is 0 Å². The lowest BCUT2D eigenvalue weighted by Gasteiger charge is -2.33. The molecule has 0 radical (unpaired) electrons. The Balaban J connectivity index is 0.000000533. The molecule has 1 aromatic rings. The minimum absolute atomic E-state index is 0.0655. The van der Waals surface area contributed by atoms with Crippen LogP contribution in [0.4, 0.5) is 0 Å². The highest BCUT2D eigenvalue weighted by atomic mass is 32.2. The molecule has 0 saturated heterocycles. The lowest BCUT2D eigenvalue weighted by Crippen LogP contribution is -2.49. The van der Waals surface area contributed by atoms with Gasteiger partial charge in [0.2, 0.25) is 10.0 Å². The summed E-state index contributed by atoms with van der Waals surface area (Å²) >= 11 is 0. The van der Waals surface area contributed by atoms with Crippen LogP contribution in [0.5, 0.6) is 0 Å². The zero-order chi connectivity index (χ0) is 21.1. The molecule has 27 heavy (non-hydrogen) atoms. The average Bonchev–Trinajstić information content (AvgIpc) is 2.51. The van der Waals surface area contributed by atoms with E-state index in [2.05, 4.69) is 4.72 Å². The summed E-state index contributed by atoms with van der Waals surface area (Å²) in [6, 6.07) is 5.78. The van der Waals surface area contributed by atoms with Crippen molar-refractivity contribution in [3.8, 4) is 0 Å². The summed E-state index contributed by atoms with van der Waals surface area (Å²) in [5.41, 5.74) is 0.928. The number of quaternary nitrogens is 1. The fourth-order valence-corrected chi connectivity index (χ4v) is 3.23. The molecule has 0 aliphatic rings. The fourth-order valence-electron chi connectivity index (χ4n) is 2.24. The van der Waals surface area contributed by atoms with Crippen molar-refractivity contribution in [3.63, 3.8) is 0 Å². The molecule has 1 aromatic carbocycles. The van der Waals surface area contributed by atoms with Gasteiger partial charge in [-0.15, -0.1) is 0 Å². The van der Waals surface area contributed by atoms with E-state index in [1.54, 1.807) is 12.1 Å². The first kappa shape index (κ1) is 25.9. The van der Waals surface area contributed by atoms with Crippen LogP contribution in [-0.2, 0) is 20.1 Å². The molecule has 0 atom stereocenters. The van der Waals surface area contributed by atoms with Gasteiger partial charge in [0, 0.05) is 13.0 Å². The predicted octanol–water partition coefficient (Wildman–Crippen LogP) is -0.744. The van der Waals surface area contributed by atoms with Crippen molar-refractivity contribution in [1.29, 1.82) is 0 Å². The minimum atomic E-state index is -4.27. The van der Waals surface area contributed by atoms with Gasteiger partial charge in [0.1, 0.15) is 23.2 Å². The van der Waals surface area contributed by atoms with Crippen LogP contribution in [0.3, 0.4) is 0 Å². The van der Waals surface area contributed by atoms with Crippen LogP contribution >= 0.6 is 0 Å². The topological polar surface area (TPSA) is 144 Å². The van der Waals surface area contributed by atoms with Crippen molar-refractivity contribution >= 4 is 20.1 Å². The Labute approximate surface area is 162 Å². The number of benzene rings is 1. The molecular formula is C16H30N2O7S2. The van der Waals surface area contributed by atoms with E-state index in [-0.39, 0.29) is 18.1 Å². The first-order chi connectivity index (χ1) is 12.3. The number of rotatable bonds is 10. The molecule has 0 saturated carbocycles.